The molecule has 16 nitrogen and oxygen atoms in total. The first kappa shape index (κ1) is 25.9. The minimum atomic E-state index is -5.49. The zero-order valence-corrected chi connectivity index (χ0v) is 19.8. The molecular weight excluding hydrogens is 517 g/mol. The predicted molar refractivity (Wildman–Crippen MR) is 107 cm³/mol. The third-order valence-electron chi connectivity index (χ3n) is 4.37. The highest BCUT2D eigenvalue weighted by molar-refractivity contribution is 8.08. The first-order valence-corrected chi connectivity index (χ1v) is 14.1. The molecule has 0 spiro atoms. The molecule has 1 unspecified atom stereocenters. The highest BCUT2D eigenvalue weighted by Gasteiger charge is 2.54. The molecule has 2 aromatic rings. The Kier molecular flexibility index (Phi) is 7.12. The predicted octanol–water partition coefficient (Wildman–Crippen LogP) is -0.396. The van der Waals surface area contributed by atoms with Crippen molar-refractivity contribution in [1.29, 1.82) is 0 Å². The maximum atomic E-state index is 11.6. The minimum absolute atomic E-state index is 0.308. The van der Waals surface area contributed by atoms with Crippen molar-refractivity contribution in [2.75, 3.05) is 6.61 Å². The molecule has 3 rings (SSSR count). The van der Waals surface area contributed by atoms with E-state index in [-0.39, 0.29) is 0 Å². The Bertz CT molecular complexity index is 1150. The Morgan fingerprint density at radius 3 is 2.50 bits per heavy atom. The van der Waals surface area contributed by atoms with Crippen LogP contribution in [0.2, 0.25) is 0 Å². The van der Waals surface area contributed by atoms with Crippen molar-refractivity contribution in [1.82, 2.24) is 19.5 Å². The van der Waals surface area contributed by atoms with Crippen LogP contribution in [0, 0.1) is 6.92 Å². The number of nitrogens with zero attached hydrogens (tertiary/aromatic N) is 4. The molecule has 3 heterocycles. The van der Waals surface area contributed by atoms with Gasteiger partial charge >= 0.3 is 22.4 Å². The average molecular weight is 536 g/mol. The van der Waals surface area contributed by atoms with E-state index in [0.717, 1.165) is 0 Å². The number of aryl methyl sites for hydroxylation is 1. The summed E-state index contributed by atoms with van der Waals surface area (Å²) in [6.07, 6.45) is -1.54. The van der Waals surface area contributed by atoms with Gasteiger partial charge in [-0.2, -0.15) is 4.31 Å². The summed E-state index contributed by atoms with van der Waals surface area (Å²) in [5, 5.41) is 21.3. The van der Waals surface area contributed by atoms with E-state index in [9.17, 15) is 29.1 Å². The number of ether oxygens (including phenoxy) is 1. The first-order valence-electron chi connectivity index (χ1n) is 8.51. The van der Waals surface area contributed by atoms with E-state index in [2.05, 4.69) is 35.4 Å². The summed E-state index contributed by atoms with van der Waals surface area (Å²) >= 11 is 4.52. The molecule has 32 heavy (non-hydrogen) atoms. The molecule has 6 N–H and O–H groups in total. The number of aromatic nitrogens is 4. The van der Waals surface area contributed by atoms with Crippen LogP contribution in [0.5, 0.6) is 0 Å². The summed E-state index contributed by atoms with van der Waals surface area (Å²) in [6, 6.07) is 0. The maximum Gasteiger partial charge on any atom is 0.488 e. The van der Waals surface area contributed by atoms with Gasteiger partial charge in [-0.05, 0) is 25.7 Å². The molecule has 0 radical (unpaired) electrons. The van der Waals surface area contributed by atoms with Crippen LogP contribution in [0.1, 0.15) is 18.8 Å². The zero-order valence-electron chi connectivity index (χ0n) is 16.3. The van der Waals surface area contributed by atoms with Crippen LogP contribution < -0.4 is 0 Å². The van der Waals surface area contributed by atoms with Gasteiger partial charge < -0.3 is 39.0 Å². The number of hydrogen-bond donors (Lipinski definition) is 6. The molecule has 1 saturated heterocycles. The second-order valence-corrected chi connectivity index (χ2v) is 12.7. The molecule has 1 aliphatic heterocycles. The van der Waals surface area contributed by atoms with E-state index in [1.54, 1.807) is 6.92 Å². The van der Waals surface area contributed by atoms with Gasteiger partial charge in [0.15, 0.2) is 11.9 Å². The van der Waals surface area contributed by atoms with Crippen LogP contribution in [0.4, 0.5) is 0 Å². The third-order valence-corrected chi connectivity index (χ3v) is 9.09. The molecule has 0 aromatic carbocycles. The van der Waals surface area contributed by atoms with Gasteiger partial charge in [0.1, 0.15) is 29.7 Å². The maximum absolute atomic E-state index is 11.6. The van der Waals surface area contributed by atoms with Gasteiger partial charge in [0.25, 0.3) is 0 Å². The molecule has 20 heteroatoms. The van der Waals surface area contributed by atoms with Crippen molar-refractivity contribution >= 4 is 45.3 Å². The summed E-state index contributed by atoms with van der Waals surface area (Å²) in [4.78, 5) is 48.7. The fourth-order valence-electron chi connectivity index (χ4n) is 2.99. The highest BCUT2D eigenvalue weighted by atomic mass is 32.5. The molecule has 2 aromatic heterocycles. The molecule has 6 atom stereocenters. The molecule has 0 aliphatic carbocycles. The van der Waals surface area contributed by atoms with E-state index in [1.807, 2.05) is 0 Å². The fourth-order valence-corrected chi connectivity index (χ4v) is 6.96. The summed E-state index contributed by atoms with van der Waals surface area (Å²) < 4.78 is 41.8. The van der Waals surface area contributed by atoms with E-state index >= 15 is 0 Å². The zero-order chi connectivity index (χ0) is 24.1. The Morgan fingerprint density at radius 2 is 1.88 bits per heavy atom. The van der Waals surface area contributed by atoms with Crippen molar-refractivity contribution in [3.63, 3.8) is 0 Å². The fraction of sp³-hybridized carbons (Fsp3) is 0.583. The Labute approximate surface area is 184 Å². The van der Waals surface area contributed by atoms with Crippen LogP contribution in [0.25, 0.3) is 11.2 Å². The van der Waals surface area contributed by atoms with Crippen LogP contribution >= 0.6 is 22.4 Å². The number of hydrogen-bond acceptors (Lipinski definition) is 12. The van der Waals surface area contributed by atoms with E-state index in [4.69, 9.17) is 19.0 Å². The van der Waals surface area contributed by atoms with Crippen LogP contribution in [0.15, 0.2) is 12.7 Å². The van der Waals surface area contributed by atoms with Crippen LogP contribution in [-0.4, -0.2) is 73.7 Å². The van der Waals surface area contributed by atoms with Gasteiger partial charge in [0.05, 0.1) is 18.6 Å². The van der Waals surface area contributed by atoms with Crippen molar-refractivity contribution in [3.05, 3.63) is 18.3 Å². The van der Waals surface area contributed by atoms with Gasteiger partial charge in [-0.15, -0.1) is 0 Å². The monoisotopic (exact) mass is 536 g/mol. The number of phosphoric acid groups is 2. The number of aliphatic hydroxyl groups is 2. The number of rotatable bonds is 8. The van der Waals surface area contributed by atoms with Crippen molar-refractivity contribution in [3.8, 4) is 0 Å². The Morgan fingerprint density at radius 1 is 1.22 bits per heavy atom. The SMILES string of the molecule is Cc1ncnc2c1ncn2[C@@H]1O[C@H](CO[P@](O)(=S)OP(=O)(O)OP(=O)(O)O)[C@@H](O)[C@@]1(C)O. The van der Waals surface area contributed by atoms with Crippen molar-refractivity contribution < 1.29 is 56.8 Å². The lowest BCUT2D eigenvalue weighted by Gasteiger charge is -2.27. The summed E-state index contributed by atoms with van der Waals surface area (Å²) in [5.41, 5.74) is -0.599. The number of fused-ring (bicyclic) bond motifs is 1. The molecule has 0 bridgehead atoms. The van der Waals surface area contributed by atoms with Gasteiger partial charge in [-0.1, -0.05) is 0 Å². The van der Waals surface area contributed by atoms with Gasteiger partial charge in [0.2, 0.25) is 0 Å². The largest absolute Gasteiger partial charge is 0.488 e. The summed E-state index contributed by atoms with van der Waals surface area (Å²) in [5.74, 6) is 0. The number of aliphatic hydroxyl groups excluding tert-OH is 1. The molecule has 180 valence electrons. The van der Waals surface area contributed by atoms with Gasteiger partial charge in [-0.3, -0.25) is 4.57 Å². The highest BCUT2D eigenvalue weighted by Crippen LogP contribution is 2.66. The van der Waals surface area contributed by atoms with Gasteiger partial charge in [0, 0.05) is 0 Å². The standard InChI is InChI=1S/C12H19N4O12P3S/c1-6-8-10(14-4-13-6)16(5-15-8)11-12(2,18)9(17)7(26-11)3-25-31(24,32)28-30(22,23)27-29(19,20)21/h4-5,7,9,11,17-18H,3H2,1-2H3,(H,22,23)(H,24,32)(H2,19,20,21)/t7-,9-,11-,12-,31+/m1/s1. The van der Waals surface area contributed by atoms with E-state index in [0.29, 0.717) is 16.9 Å². The molecule has 1 fully saturated rings. The summed E-state index contributed by atoms with van der Waals surface area (Å²) in [6.45, 7) is -2.38. The first-order chi connectivity index (χ1) is 14.5. The molecule has 1 aliphatic rings. The van der Waals surface area contributed by atoms with Gasteiger partial charge in [-0.25, -0.2) is 28.4 Å². The normalized spacial score (nSPS) is 30.3. The Balaban J connectivity index is 1.74. The lowest BCUT2D eigenvalue weighted by Crippen LogP contribution is -2.44. The smallest absolute Gasteiger partial charge is 0.387 e. The third kappa shape index (κ3) is 5.66. The quantitative estimate of drug-likeness (QED) is 0.235. The Hall–Kier alpha value is -0.740. The second-order valence-electron chi connectivity index (χ2n) is 6.87. The number of imidazole rings is 1. The van der Waals surface area contributed by atoms with Crippen LogP contribution in [0.3, 0.4) is 0 Å². The molecule has 0 saturated carbocycles. The topological polar surface area (TPSA) is 236 Å². The minimum Gasteiger partial charge on any atom is -0.387 e. The van der Waals surface area contributed by atoms with Crippen LogP contribution in [-0.2, 0) is 38.8 Å². The summed E-state index contributed by atoms with van der Waals surface area (Å²) in [7, 11) is -10.9. The lowest BCUT2D eigenvalue weighted by molar-refractivity contribution is -0.0948. The molecule has 0 amide bonds. The van der Waals surface area contributed by atoms with E-state index < -0.39 is 53.0 Å². The lowest BCUT2D eigenvalue weighted by atomic mass is 9.96. The second kappa shape index (κ2) is 8.80. The average Bonchev–Trinajstić information content (AvgIpc) is 3.11. The molecular formula is C12H19N4O12P3S. The van der Waals surface area contributed by atoms with E-state index in [1.165, 1.54) is 24.1 Å². The van der Waals surface area contributed by atoms with Crippen molar-refractivity contribution in [2.45, 2.75) is 37.9 Å². The van der Waals surface area contributed by atoms with Crippen molar-refractivity contribution in [2.24, 2.45) is 0 Å².